The number of pyridine rings is 1. The summed E-state index contributed by atoms with van der Waals surface area (Å²) in [6, 6.07) is 4.20. The third-order valence-corrected chi connectivity index (χ3v) is 7.41. The van der Waals surface area contributed by atoms with Crippen LogP contribution in [0.4, 0.5) is 5.69 Å². The monoisotopic (exact) mass is 391 g/mol. The molecule has 4 fully saturated rings. The van der Waals surface area contributed by atoms with E-state index in [4.69, 9.17) is 11.0 Å². The molecule has 7 nitrogen and oxygen atoms in total. The minimum absolute atomic E-state index is 0.0217. The number of amides is 1. The number of nitrogens with two attached hydrogens (primary N) is 1. The van der Waals surface area contributed by atoms with Crippen molar-refractivity contribution in [3.8, 4) is 6.07 Å². The topological polar surface area (TPSA) is 125 Å². The van der Waals surface area contributed by atoms with Crippen LogP contribution in [0.15, 0.2) is 18.5 Å². The molecule has 4 saturated carbocycles. The van der Waals surface area contributed by atoms with Crippen LogP contribution in [0, 0.1) is 34.5 Å². The Morgan fingerprint density at radius 1 is 1.31 bits per heavy atom. The number of ketones is 1. The lowest BCUT2D eigenvalue weighted by Gasteiger charge is -2.60. The number of nitrogens with one attached hydrogen (secondary N) is 2. The van der Waals surface area contributed by atoms with Crippen molar-refractivity contribution in [2.75, 3.05) is 5.32 Å². The Morgan fingerprint density at radius 2 is 2.07 bits per heavy atom. The lowest BCUT2D eigenvalue weighted by Crippen LogP contribution is -2.56. The number of aromatic nitrogens is 2. The van der Waals surface area contributed by atoms with Crippen LogP contribution in [0.1, 0.15) is 55.3 Å². The fraction of sp³-hybridized carbons (Fsp3) is 0.545. The first-order valence-corrected chi connectivity index (χ1v) is 10.4. The highest BCUT2D eigenvalue weighted by Crippen LogP contribution is 2.62. The van der Waals surface area contributed by atoms with Crippen LogP contribution in [-0.2, 0) is 4.79 Å². The second kappa shape index (κ2) is 6.58. The predicted molar refractivity (Wildman–Crippen MR) is 108 cm³/mol. The molecule has 4 bridgehead atoms. The lowest BCUT2D eigenvalue weighted by molar-refractivity contribution is -0.127. The van der Waals surface area contributed by atoms with Gasteiger partial charge in [0.15, 0.2) is 0 Å². The van der Waals surface area contributed by atoms with Gasteiger partial charge in [-0.1, -0.05) is 0 Å². The quantitative estimate of drug-likeness (QED) is 0.698. The Bertz CT molecular complexity index is 1020. The molecule has 2 atom stereocenters. The van der Waals surface area contributed by atoms with Gasteiger partial charge in [0.1, 0.15) is 11.4 Å². The van der Waals surface area contributed by atoms with E-state index >= 15 is 0 Å². The van der Waals surface area contributed by atoms with Crippen molar-refractivity contribution in [1.29, 1.82) is 5.26 Å². The zero-order valence-corrected chi connectivity index (χ0v) is 16.3. The van der Waals surface area contributed by atoms with Crippen molar-refractivity contribution in [3.63, 3.8) is 0 Å². The molecule has 29 heavy (non-hydrogen) atoms. The SMILES string of the molecule is N#CCC(=O)CC12CC3CC(C1)C(Nc1c(C(N)=O)cnc4[nH]ccc14)C(C3)C2. The van der Waals surface area contributed by atoms with E-state index in [-0.39, 0.29) is 23.7 Å². The van der Waals surface area contributed by atoms with Gasteiger partial charge in [-0.05, 0) is 61.3 Å². The van der Waals surface area contributed by atoms with Gasteiger partial charge in [0.25, 0.3) is 5.91 Å². The van der Waals surface area contributed by atoms with Crippen molar-refractivity contribution in [3.05, 3.63) is 24.0 Å². The zero-order valence-electron chi connectivity index (χ0n) is 16.3. The molecule has 7 heteroatoms. The van der Waals surface area contributed by atoms with Gasteiger partial charge in [0.05, 0.1) is 23.7 Å². The van der Waals surface area contributed by atoms with E-state index in [1.165, 1.54) is 0 Å². The second-order valence-electron chi connectivity index (χ2n) is 9.34. The Hall–Kier alpha value is -2.88. The smallest absolute Gasteiger partial charge is 0.252 e. The molecular formula is C22H25N5O2. The van der Waals surface area contributed by atoms with E-state index in [1.54, 1.807) is 6.20 Å². The van der Waals surface area contributed by atoms with Crippen LogP contribution in [0.2, 0.25) is 0 Å². The lowest BCUT2D eigenvalue weighted by atomic mass is 9.47. The molecule has 0 radical (unpaired) electrons. The molecular weight excluding hydrogens is 366 g/mol. The van der Waals surface area contributed by atoms with Crippen molar-refractivity contribution in [2.45, 2.75) is 51.0 Å². The van der Waals surface area contributed by atoms with Crippen LogP contribution in [-0.4, -0.2) is 27.7 Å². The van der Waals surface area contributed by atoms with Crippen molar-refractivity contribution >= 4 is 28.4 Å². The molecule has 4 aliphatic rings. The van der Waals surface area contributed by atoms with Crippen molar-refractivity contribution < 1.29 is 9.59 Å². The van der Waals surface area contributed by atoms with Gasteiger partial charge in [0, 0.05) is 30.2 Å². The molecule has 0 aliphatic heterocycles. The fourth-order valence-corrected chi connectivity index (χ4v) is 6.73. The molecule has 2 unspecified atom stereocenters. The summed E-state index contributed by atoms with van der Waals surface area (Å²) < 4.78 is 0. The standard InChI is InChI=1S/C22H25N5O2/c23-3-1-15(28)10-22-7-12-5-13(8-22)18(14(6-12)9-22)27-19-16-2-4-25-21(16)26-11-17(19)20(24)29/h2,4,11-14,18H,1,5-10H2,(H2,24,29)(H2,25,26,27). The Labute approximate surface area is 169 Å². The summed E-state index contributed by atoms with van der Waals surface area (Å²) in [6.07, 6.45) is 9.40. The fourth-order valence-electron chi connectivity index (χ4n) is 6.73. The Morgan fingerprint density at radius 3 is 2.76 bits per heavy atom. The van der Waals surface area contributed by atoms with Crippen molar-refractivity contribution in [1.82, 2.24) is 9.97 Å². The average molecular weight is 391 g/mol. The molecule has 2 aromatic rings. The number of rotatable bonds is 6. The first-order chi connectivity index (χ1) is 14.0. The highest BCUT2D eigenvalue weighted by molar-refractivity contribution is 6.06. The number of nitriles is 1. The summed E-state index contributed by atoms with van der Waals surface area (Å²) in [7, 11) is 0. The van der Waals surface area contributed by atoms with Gasteiger partial charge in [-0.15, -0.1) is 0 Å². The summed E-state index contributed by atoms with van der Waals surface area (Å²) in [5.74, 6) is 1.21. The number of H-pyrrole nitrogens is 1. The van der Waals surface area contributed by atoms with Crippen LogP contribution in [0.25, 0.3) is 11.0 Å². The number of hydrogen-bond acceptors (Lipinski definition) is 5. The number of nitrogens with zero attached hydrogens (tertiary/aromatic N) is 2. The van der Waals surface area contributed by atoms with E-state index in [2.05, 4.69) is 15.3 Å². The molecule has 0 aromatic carbocycles. The van der Waals surface area contributed by atoms with Crippen LogP contribution >= 0.6 is 0 Å². The summed E-state index contributed by atoms with van der Waals surface area (Å²) >= 11 is 0. The summed E-state index contributed by atoms with van der Waals surface area (Å²) in [6.45, 7) is 0. The molecule has 0 spiro atoms. The number of primary amides is 1. The van der Waals surface area contributed by atoms with Gasteiger partial charge >= 0.3 is 0 Å². The minimum Gasteiger partial charge on any atom is -0.380 e. The van der Waals surface area contributed by atoms with E-state index in [9.17, 15) is 9.59 Å². The number of fused-ring (bicyclic) bond motifs is 1. The second-order valence-corrected chi connectivity index (χ2v) is 9.34. The van der Waals surface area contributed by atoms with Gasteiger partial charge < -0.3 is 16.0 Å². The van der Waals surface area contributed by atoms with E-state index < -0.39 is 5.91 Å². The molecule has 4 N–H and O–H groups in total. The predicted octanol–water partition coefficient (Wildman–Crippen LogP) is 3.14. The number of carbonyl (C=O) groups excluding carboxylic acids is 2. The maximum atomic E-state index is 12.2. The zero-order chi connectivity index (χ0) is 20.2. The molecule has 150 valence electrons. The highest BCUT2D eigenvalue weighted by Gasteiger charge is 2.55. The number of hydrogen-bond donors (Lipinski definition) is 3. The summed E-state index contributed by atoms with van der Waals surface area (Å²) in [4.78, 5) is 31.7. The van der Waals surface area contributed by atoms with Crippen molar-refractivity contribution in [2.24, 2.45) is 28.9 Å². The first kappa shape index (κ1) is 18.2. The van der Waals surface area contributed by atoms with Gasteiger partial charge in [-0.2, -0.15) is 5.26 Å². The maximum Gasteiger partial charge on any atom is 0.252 e. The molecule has 2 heterocycles. The molecule has 2 aromatic heterocycles. The van der Waals surface area contributed by atoms with Gasteiger partial charge in [0.2, 0.25) is 0 Å². The third kappa shape index (κ3) is 2.98. The summed E-state index contributed by atoms with van der Waals surface area (Å²) in [5, 5.41) is 13.5. The Kier molecular flexibility index (Phi) is 4.12. The average Bonchev–Trinajstić information content (AvgIpc) is 3.12. The number of aromatic amines is 1. The van der Waals surface area contributed by atoms with E-state index in [0.717, 1.165) is 48.8 Å². The van der Waals surface area contributed by atoms with Crippen LogP contribution in [0.3, 0.4) is 0 Å². The third-order valence-electron chi connectivity index (χ3n) is 7.41. The Balaban J connectivity index is 1.44. The molecule has 1 amide bonds. The number of Topliss-reactive ketones (excluding diaryl/α,β-unsaturated/α-hetero) is 1. The first-order valence-electron chi connectivity index (χ1n) is 10.4. The van der Waals surface area contributed by atoms with E-state index in [0.29, 0.717) is 29.7 Å². The maximum absolute atomic E-state index is 12.2. The van der Waals surface area contributed by atoms with Gasteiger partial charge in [-0.25, -0.2) is 4.98 Å². The van der Waals surface area contributed by atoms with Crippen LogP contribution in [0.5, 0.6) is 0 Å². The molecule has 4 aliphatic carbocycles. The molecule has 6 rings (SSSR count). The normalized spacial score (nSPS) is 32.2. The number of anilines is 1. The summed E-state index contributed by atoms with van der Waals surface area (Å²) in [5.41, 5.74) is 7.63. The highest BCUT2D eigenvalue weighted by atomic mass is 16.1. The number of carbonyl (C=O) groups is 2. The van der Waals surface area contributed by atoms with Gasteiger partial charge in [-0.3, -0.25) is 9.59 Å². The minimum atomic E-state index is -0.481. The van der Waals surface area contributed by atoms with E-state index in [1.807, 2.05) is 18.3 Å². The van der Waals surface area contributed by atoms with Crippen LogP contribution < -0.4 is 11.1 Å². The molecule has 0 saturated heterocycles. The largest absolute Gasteiger partial charge is 0.380 e.